The minimum Gasteiger partial charge on any atom is -0.496 e. The summed E-state index contributed by atoms with van der Waals surface area (Å²) in [4.78, 5) is 12.8. The Kier molecular flexibility index (Phi) is 8.83. The number of esters is 1. The van der Waals surface area contributed by atoms with E-state index in [0.717, 1.165) is 22.3 Å². The normalized spacial score (nSPS) is 18.0. The number of fused-ring (bicyclic) bond motifs is 1. The van der Waals surface area contributed by atoms with E-state index in [2.05, 4.69) is 6.07 Å². The summed E-state index contributed by atoms with van der Waals surface area (Å²) in [6.45, 7) is 4.59. The first-order chi connectivity index (χ1) is 18.7. The van der Waals surface area contributed by atoms with Gasteiger partial charge in [-0.3, -0.25) is 13.9 Å². The van der Waals surface area contributed by atoms with Crippen LogP contribution < -0.4 is 9.47 Å². The number of para-hydroxylation sites is 1. The molecular formula is C30H34N2O6S. The first-order valence-corrected chi connectivity index (χ1v) is 14.3. The van der Waals surface area contributed by atoms with Crippen molar-refractivity contribution in [2.75, 3.05) is 20.8 Å². The molecule has 1 aliphatic rings. The van der Waals surface area contributed by atoms with Crippen LogP contribution >= 0.6 is 10.8 Å². The maximum atomic E-state index is 12.5. The number of nitriles is 1. The minimum atomic E-state index is -3.32. The monoisotopic (exact) mass is 550 g/mol. The summed E-state index contributed by atoms with van der Waals surface area (Å²) in [5, 5.41) is 9.34. The van der Waals surface area contributed by atoms with Gasteiger partial charge in [0, 0.05) is 18.0 Å². The summed E-state index contributed by atoms with van der Waals surface area (Å²) in [6.07, 6.45) is 0.566. The highest BCUT2D eigenvalue weighted by Crippen LogP contribution is 2.57. The highest BCUT2D eigenvalue weighted by Gasteiger charge is 2.35. The van der Waals surface area contributed by atoms with Gasteiger partial charge < -0.3 is 14.2 Å². The lowest BCUT2D eigenvalue weighted by Crippen LogP contribution is -2.34. The molecule has 4 rings (SSSR count). The van der Waals surface area contributed by atoms with Gasteiger partial charge in [0.05, 0.1) is 38.8 Å². The van der Waals surface area contributed by atoms with Crippen molar-refractivity contribution in [1.82, 2.24) is 4.31 Å². The first-order valence-electron chi connectivity index (χ1n) is 12.7. The van der Waals surface area contributed by atoms with E-state index in [9.17, 15) is 19.2 Å². The summed E-state index contributed by atoms with van der Waals surface area (Å²) in [7, 11) is -0.437. The molecule has 3 aromatic carbocycles. The van der Waals surface area contributed by atoms with Gasteiger partial charge in [-0.1, -0.05) is 43.3 Å². The molecular weight excluding hydrogens is 516 g/mol. The molecule has 1 heterocycles. The Morgan fingerprint density at radius 1 is 1.18 bits per heavy atom. The summed E-state index contributed by atoms with van der Waals surface area (Å²) < 4.78 is 41.3. The molecule has 8 nitrogen and oxygen atoms in total. The second-order valence-electron chi connectivity index (χ2n) is 9.52. The van der Waals surface area contributed by atoms with Crippen LogP contribution in [0.5, 0.6) is 11.5 Å². The predicted octanol–water partition coefficient (Wildman–Crippen LogP) is 6.27. The second-order valence-corrected chi connectivity index (χ2v) is 11.5. The smallest absolute Gasteiger partial charge is 0.306 e. The number of hydrogen-bond donors (Lipinski definition) is 2. The fraction of sp³-hybridized carbons (Fsp3) is 0.333. The van der Waals surface area contributed by atoms with E-state index >= 15 is 0 Å². The number of hydrogen-bond acceptors (Lipinski definition) is 8. The topological polar surface area (TPSA) is 112 Å². The van der Waals surface area contributed by atoms with E-state index in [1.165, 1.54) is 14.2 Å². The second kappa shape index (κ2) is 12.1. The van der Waals surface area contributed by atoms with Crippen LogP contribution in [0.25, 0.3) is 0 Å². The number of carbonyl (C=O) groups is 1. The Morgan fingerprint density at radius 3 is 2.64 bits per heavy atom. The van der Waals surface area contributed by atoms with Crippen LogP contribution in [0.2, 0.25) is 0 Å². The quantitative estimate of drug-likeness (QED) is 0.316. The van der Waals surface area contributed by atoms with Gasteiger partial charge in [0.1, 0.15) is 22.5 Å². The third-order valence-corrected chi connectivity index (χ3v) is 9.04. The number of ether oxygens (including phenoxy) is 3. The van der Waals surface area contributed by atoms with Crippen LogP contribution in [-0.2, 0) is 16.1 Å². The Bertz CT molecular complexity index is 1390. The maximum absolute atomic E-state index is 12.5. The zero-order chi connectivity index (χ0) is 28.2. The molecule has 0 amide bonds. The first kappa shape index (κ1) is 28.5. The zero-order valence-corrected chi connectivity index (χ0v) is 23.4. The third kappa shape index (κ3) is 6.05. The lowest BCUT2D eigenvalue weighted by atomic mass is 9.86. The number of nitrogens with zero attached hydrogens (tertiary/aromatic N) is 2. The number of methoxy groups -OCH3 is 2. The van der Waals surface area contributed by atoms with Gasteiger partial charge in [-0.25, -0.2) is 0 Å². The van der Waals surface area contributed by atoms with Crippen molar-refractivity contribution in [1.29, 1.82) is 5.26 Å². The van der Waals surface area contributed by atoms with E-state index in [1.54, 1.807) is 40.7 Å². The van der Waals surface area contributed by atoms with Crippen molar-refractivity contribution in [3.8, 4) is 17.6 Å². The molecule has 39 heavy (non-hydrogen) atoms. The molecule has 1 aliphatic heterocycles. The molecule has 2 atom stereocenters. The average Bonchev–Trinajstić information content (AvgIpc) is 3.06. The highest BCUT2D eigenvalue weighted by molar-refractivity contribution is 8.22. The van der Waals surface area contributed by atoms with Crippen LogP contribution in [-0.4, -0.2) is 46.2 Å². The molecule has 0 aliphatic carbocycles. The molecule has 0 bridgehead atoms. The molecule has 3 aromatic rings. The Hall–Kier alpha value is -3.55. The largest absolute Gasteiger partial charge is 0.496 e. The van der Waals surface area contributed by atoms with E-state index in [0.29, 0.717) is 34.9 Å². The summed E-state index contributed by atoms with van der Waals surface area (Å²) in [5.41, 5.74) is 3.92. The van der Waals surface area contributed by atoms with Gasteiger partial charge in [-0.15, -0.1) is 10.8 Å². The Balaban J connectivity index is 1.76. The van der Waals surface area contributed by atoms with Crippen molar-refractivity contribution >= 4 is 16.7 Å². The lowest BCUT2D eigenvalue weighted by molar-refractivity contribution is -0.140. The molecule has 0 saturated carbocycles. The number of aryl methyl sites for hydroxylation is 1. The SMILES string of the molecule is CC[C@@H]1CN(Cc2cc(C(CC(=O)OC)c3ccc(C#N)cc3OC)ccc2C)S(O)(O)c2ccccc2O1. The predicted molar refractivity (Wildman–Crippen MR) is 150 cm³/mol. The summed E-state index contributed by atoms with van der Waals surface area (Å²) >= 11 is 0. The Morgan fingerprint density at radius 2 is 1.95 bits per heavy atom. The van der Waals surface area contributed by atoms with Crippen molar-refractivity contribution in [3.05, 3.63) is 88.5 Å². The van der Waals surface area contributed by atoms with Crippen LogP contribution in [0.1, 0.15) is 53.5 Å². The van der Waals surface area contributed by atoms with Crippen molar-refractivity contribution < 1.29 is 28.1 Å². The van der Waals surface area contributed by atoms with Crippen molar-refractivity contribution in [3.63, 3.8) is 0 Å². The fourth-order valence-electron chi connectivity index (χ4n) is 4.82. The van der Waals surface area contributed by atoms with Crippen molar-refractivity contribution in [2.45, 2.75) is 50.2 Å². The van der Waals surface area contributed by atoms with E-state index in [-0.39, 0.29) is 25.0 Å². The van der Waals surface area contributed by atoms with E-state index in [4.69, 9.17) is 14.2 Å². The fourth-order valence-corrected chi connectivity index (χ4v) is 6.44. The molecule has 0 aromatic heterocycles. The molecule has 0 radical (unpaired) electrons. The van der Waals surface area contributed by atoms with Gasteiger partial charge in [0.2, 0.25) is 0 Å². The van der Waals surface area contributed by atoms with Crippen LogP contribution in [0.3, 0.4) is 0 Å². The molecule has 0 fully saturated rings. The third-order valence-electron chi connectivity index (χ3n) is 7.12. The van der Waals surface area contributed by atoms with E-state index < -0.39 is 16.7 Å². The van der Waals surface area contributed by atoms with Gasteiger partial charge in [-0.05, 0) is 54.3 Å². The van der Waals surface area contributed by atoms with Gasteiger partial charge in [-0.2, -0.15) is 9.57 Å². The Labute approximate surface area is 231 Å². The van der Waals surface area contributed by atoms with Gasteiger partial charge in [0.25, 0.3) is 0 Å². The highest BCUT2D eigenvalue weighted by atomic mass is 32.3. The van der Waals surface area contributed by atoms with E-state index in [1.807, 2.05) is 38.1 Å². The minimum absolute atomic E-state index is 0.0687. The number of rotatable bonds is 8. The molecule has 206 valence electrons. The summed E-state index contributed by atoms with van der Waals surface area (Å²) in [5.74, 6) is 0.209. The molecule has 0 spiro atoms. The molecule has 9 heteroatoms. The van der Waals surface area contributed by atoms with Crippen LogP contribution in [0.4, 0.5) is 0 Å². The number of benzene rings is 3. The van der Waals surface area contributed by atoms with Crippen LogP contribution in [0, 0.1) is 18.3 Å². The van der Waals surface area contributed by atoms with Gasteiger partial charge >= 0.3 is 5.97 Å². The van der Waals surface area contributed by atoms with Crippen LogP contribution in [0.15, 0.2) is 65.6 Å². The van der Waals surface area contributed by atoms with Crippen molar-refractivity contribution in [2.24, 2.45) is 0 Å². The summed E-state index contributed by atoms with van der Waals surface area (Å²) in [6, 6.07) is 20.3. The zero-order valence-electron chi connectivity index (χ0n) is 22.6. The standard InChI is InChI=1S/C30H34N2O6S/c1-5-24-19-32(39(34,35)29-9-7-6-8-27(29)38-24)18-23-15-22(12-10-20(23)2)26(16-30(33)37-4)25-13-11-21(17-31)14-28(25)36-3/h6-15,24,26,34-35H,5,16,18-19H2,1-4H3/t24-,26?/m1/s1. The average molecular weight is 551 g/mol. The molecule has 0 saturated heterocycles. The number of carbonyl (C=O) groups excluding carboxylic acids is 1. The lowest BCUT2D eigenvalue weighted by Gasteiger charge is -2.42. The van der Waals surface area contributed by atoms with Gasteiger partial charge in [0.15, 0.2) is 0 Å². The molecule has 2 N–H and O–H groups in total. The maximum Gasteiger partial charge on any atom is 0.306 e. The molecule has 1 unspecified atom stereocenters.